The first kappa shape index (κ1) is 21.2. The molecule has 0 radical (unpaired) electrons. The summed E-state index contributed by atoms with van der Waals surface area (Å²) >= 11 is 6.55. The minimum atomic E-state index is -0.889. The molecule has 174 valence electrons. The number of aryl methyl sites for hydroxylation is 1. The zero-order valence-electron chi connectivity index (χ0n) is 18.2. The van der Waals surface area contributed by atoms with Crippen molar-refractivity contribution in [1.82, 2.24) is 34.7 Å². The Labute approximate surface area is 200 Å². The summed E-state index contributed by atoms with van der Waals surface area (Å²) in [6.45, 7) is 1.55. The standard InChI is InChI=1S/C24H16ClF2N7O/c1-12-2-3-13(22(27)21(12)26)11-33-19(6-7-28-33)14-8-16(25)23-20(9-14)34(32-31-23)15-4-5-17-18(10-15)30-24(35)29-17/h2-10H,11H2,1H3,(H2,29,30,35). The number of fused-ring (bicyclic) bond motifs is 2. The van der Waals surface area contributed by atoms with Gasteiger partial charge in [-0.2, -0.15) is 5.10 Å². The number of nitrogens with zero attached hydrogens (tertiary/aromatic N) is 5. The van der Waals surface area contributed by atoms with Crippen LogP contribution in [0.25, 0.3) is 39.0 Å². The molecule has 6 aromatic rings. The molecule has 3 heterocycles. The minimum Gasteiger partial charge on any atom is -0.306 e. The number of halogens is 3. The maximum Gasteiger partial charge on any atom is 0.323 e. The molecule has 0 atom stereocenters. The fraction of sp³-hybridized carbons (Fsp3) is 0.0833. The van der Waals surface area contributed by atoms with Gasteiger partial charge in [0.1, 0.15) is 5.52 Å². The maximum atomic E-state index is 14.5. The number of aromatic amines is 2. The Kier molecular flexibility index (Phi) is 4.78. The Hall–Kier alpha value is -4.31. The number of rotatable bonds is 4. The summed E-state index contributed by atoms with van der Waals surface area (Å²) in [4.78, 5) is 17.1. The molecule has 11 heteroatoms. The van der Waals surface area contributed by atoms with Crippen LogP contribution in [0.15, 0.2) is 59.5 Å². The highest BCUT2D eigenvalue weighted by molar-refractivity contribution is 6.35. The zero-order chi connectivity index (χ0) is 24.3. The second-order valence-electron chi connectivity index (χ2n) is 8.18. The largest absolute Gasteiger partial charge is 0.323 e. The van der Waals surface area contributed by atoms with E-state index in [2.05, 4.69) is 25.4 Å². The van der Waals surface area contributed by atoms with Crippen LogP contribution >= 0.6 is 11.6 Å². The summed E-state index contributed by atoms with van der Waals surface area (Å²) in [6.07, 6.45) is 1.58. The predicted molar refractivity (Wildman–Crippen MR) is 128 cm³/mol. The number of aromatic nitrogens is 7. The number of H-pyrrole nitrogens is 2. The third kappa shape index (κ3) is 3.50. The van der Waals surface area contributed by atoms with Crippen molar-refractivity contribution in [3.05, 3.63) is 93.0 Å². The average molecular weight is 492 g/mol. The van der Waals surface area contributed by atoms with Crippen LogP contribution in [0, 0.1) is 18.6 Å². The SMILES string of the molecule is Cc1ccc(Cn2nccc2-c2cc(Cl)c3nnn(-c4ccc5[nH]c(=O)[nH]c5c4)c3c2)c(F)c1F. The molecule has 0 fully saturated rings. The quantitative estimate of drug-likeness (QED) is 0.372. The number of hydrogen-bond acceptors (Lipinski definition) is 4. The molecule has 2 N–H and O–H groups in total. The molecular weight excluding hydrogens is 476 g/mol. The van der Waals surface area contributed by atoms with E-state index in [1.54, 1.807) is 58.0 Å². The Morgan fingerprint density at radius 3 is 2.69 bits per heavy atom. The van der Waals surface area contributed by atoms with Gasteiger partial charge in [-0.3, -0.25) is 4.68 Å². The molecule has 3 aromatic heterocycles. The molecule has 0 unspecified atom stereocenters. The van der Waals surface area contributed by atoms with Crippen molar-refractivity contribution in [3.63, 3.8) is 0 Å². The van der Waals surface area contributed by atoms with E-state index in [9.17, 15) is 13.6 Å². The molecular formula is C24H16ClF2N7O. The summed E-state index contributed by atoms with van der Waals surface area (Å²) in [6, 6.07) is 13.8. The van der Waals surface area contributed by atoms with Gasteiger partial charge in [0.05, 0.1) is 39.5 Å². The smallest absolute Gasteiger partial charge is 0.306 e. The van der Waals surface area contributed by atoms with Gasteiger partial charge in [0.2, 0.25) is 0 Å². The van der Waals surface area contributed by atoms with E-state index in [4.69, 9.17) is 11.6 Å². The van der Waals surface area contributed by atoms with Crippen LogP contribution in [-0.2, 0) is 6.54 Å². The van der Waals surface area contributed by atoms with Crippen molar-refractivity contribution in [2.24, 2.45) is 0 Å². The van der Waals surface area contributed by atoms with Crippen LogP contribution in [-0.4, -0.2) is 34.7 Å². The van der Waals surface area contributed by atoms with E-state index in [1.807, 2.05) is 6.07 Å². The van der Waals surface area contributed by atoms with Gasteiger partial charge in [-0.05, 0) is 48.9 Å². The molecule has 0 aliphatic carbocycles. The molecule has 0 amide bonds. The molecule has 0 saturated heterocycles. The Morgan fingerprint density at radius 2 is 1.83 bits per heavy atom. The first-order chi connectivity index (χ1) is 16.9. The topological polar surface area (TPSA) is 97.2 Å². The van der Waals surface area contributed by atoms with Crippen molar-refractivity contribution in [2.75, 3.05) is 0 Å². The van der Waals surface area contributed by atoms with Crippen LogP contribution in [0.3, 0.4) is 0 Å². The minimum absolute atomic E-state index is 0.0378. The highest BCUT2D eigenvalue weighted by atomic mass is 35.5. The Bertz CT molecular complexity index is 1810. The number of nitrogens with one attached hydrogen (secondary N) is 2. The van der Waals surface area contributed by atoms with E-state index in [-0.39, 0.29) is 23.4 Å². The summed E-state index contributed by atoms with van der Waals surface area (Å²) in [7, 11) is 0. The molecule has 6 rings (SSSR count). The second kappa shape index (κ2) is 7.88. The van der Waals surface area contributed by atoms with Crippen LogP contribution in [0.2, 0.25) is 5.02 Å². The third-order valence-corrected chi connectivity index (χ3v) is 6.23. The molecule has 8 nitrogen and oxygen atoms in total. The van der Waals surface area contributed by atoms with E-state index < -0.39 is 11.6 Å². The lowest BCUT2D eigenvalue weighted by Crippen LogP contribution is -2.07. The van der Waals surface area contributed by atoms with Gasteiger partial charge >= 0.3 is 5.69 Å². The monoisotopic (exact) mass is 491 g/mol. The highest BCUT2D eigenvalue weighted by Gasteiger charge is 2.17. The molecule has 3 aromatic carbocycles. The lowest BCUT2D eigenvalue weighted by molar-refractivity contribution is 0.487. The van der Waals surface area contributed by atoms with Gasteiger partial charge in [-0.25, -0.2) is 18.3 Å². The molecule has 0 aliphatic heterocycles. The maximum absolute atomic E-state index is 14.5. The predicted octanol–water partition coefficient (Wildman–Crippen LogP) is 4.74. The fourth-order valence-corrected chi connectivity index (χ4v) is 4.40. The van der Waals surface area contributed by atoms with Gasteiger partial charge in [0.25, 0.3) is 0 Å². The lowest BCUT2D eigenvalue weighted by Gasteiger charge is -2.11. The van der Waals surface area contributed by atoms with Crippen molar-refractivity contribution in [3.8, 4) is 16.9 Å². The second-order valence-corrected chi connectivity index (χ2v) is 8.59. The summed E-state index contributed by atoms with van der Waals surface area (Å²) in [5, 5.41) is 13.1. The Morgan fingerprint density at radius 1 is 1.00 bits per heavy atom. The first-order valence-electron chi connectivity index (χ1n) is 10.6. The van der Waals surface area contributed by atoms with Gasteiger partial charge in [-0.15, -0.1) is 5.10 Å². The zero-order valence-corrected chi connectivity index (χ0v) is 18.9. The molecule has 0 aliphatic rings. The first-order valence-corrected chi connectivity index (χ1v) is 11.0. The van der Waals surface area contributed by atoms with Crippen LogP contribution in [0.5, 0.6) is 0 Å². The van der Waals surface area contributed by atoms with Crippen LogP contribution in [0.4, 0.5) is 8.78 Å². The number of imidazole rings is 1. The van der Waals surface area contributed by atoms with E-state index >= 15 is 0 Å². The fourth-order valence-electron chi connectivity index (χ4n) is 4.15. The highest BCUT2D eigenvalue weighted by Crippen LogP contribution is 2.31. The number of benzene rings is 3. The van der Waals surface area contributed by atoms with Crippen LogP contribution < -0.4 is 5.69 Å². The number of hydrogen-bond donors (Lipinski definition) is 2. The summed E-state index contributed by atoms with van der Waals surface area (Å²) < 4.78 is 31.8. The van der Waals surface area contributed by atoms with Gasteiger partial charge < -0.3 is 9.97 Å². The third-order valence-electron chi connectivity index (χ3n) is 5.94. The molecule has 35 heavy (non-hydrogen) atoms. The molecule has 0 spiro atoms. The van der Waals surface area contributed by atoms with Gasteiger partial charge in [0.15, 0.2) is 11.6 Å². The van der Waals surface area contributed by atoms with Crippen molar-refractivity contribution in [2.45, 2.75) is 13.5 Å². The lowest BCUT2D eigenvalue weighted by atomic mass is 10.1. The van der Waals surface area contributed by atoms with Crippen LogP contribution in [0.1, 0.15) is 11.1 Å². The van der Waals surface area contributed by atoms with E-state index in [0.29, 0.717) is 44.0 Å². The van der Waals surface area contributed by atoms with E-state index in [0.717, 1.165) is 0 Å². The van der Waals surface area contributed by atoms with E-state index in [1.165, 1.54) is 6.92 Å². The molecule has 0 bridgehead atoms. The summed E-state index contributed by atoms with van der Waals surface area (Å²) in [5.41, 5.74) is 4.59. The average Bonchev–Trinajstić information content (AvgIpc) is 3.56. The molecule has 0 saturated carbocycles. The summed E-state index contributed by atoms with van der Waals surface area (Å²) in [5.74, 6) is -1.75. The van der Waals surface area contributed by atoms with Gasteiger partial charge in [-0.1, -0.05) is 28.9 Å². The Balaban J connectivity index is 1.45. The normalized spacial score (nSPS) is 11.7. The van der Waals surface area contributed by atoms with Crippen molar-refractivity contribution >= 4 is 33.7 Å². The van der Waals surface area contributed by atoms with Crippen molar-refractivity contribution in [1.29, 1.82) is 0 Å². The van der Waals surface area contributed by atoms with Gasteiger partial charge in [0, 0.05) is 17.3 Å². The van der Waals surface area contributed by atoms with Crippen molar-refractivity contribution < 1.29 is 8.78 Å².